The average Bonchev–Trinajstić information content (AvgIpc) is 3.09. The average molecular weight is 316 g/mol. The minimum absolute atomic E-state index is 0.152. The molecule has 22 heavy (non-hydrogen) atoms. The van der Waals surface area contributed by atoms with Crippen molar-refractivity contribution in [2.45, 2.75) is 19.3 Å². The first-order valence-electron chi connectivity index (χ1n) is 7.57. The number of likely N-dealkylation sites (tertiary alicyclic amines) is 1. The molecular formula is C16H20N4OS. The van der Waals surface area contributed by atoms with E-state index in [1.54, 1.807) is 23.7 Å². The monoisotopic (exact) mass is 316 g/mol. The van der Waals surface area contributed by atoms with Crippen molar-refractivity contribution >= 4 is 23.1 Å². The van der Waals surface area contributed by atoms with Crippen molar-refractivity contribution in [1.82, 2.24) is 14.9 Å². The summed E-state index contributed by atoms with van der Waals surface area (Å²) in [5, 5.41) is 6.96. The van der Waals surface area contributed by atoms with Crippen LogP contribution in [-0.2, 0) is 6.42 Å². The molecule has 1 fully saturated rings. The fourth-order valence-corrected chi connectivity index (χ4v) is 3.61. The normalized spacial score (nSPS) is 18.2. The largest absolute Gasteiger partial charge is 0.372 e. The van der Waals surface area contributed by atoms with Crippen molar-refractivity contribution in [2.75, 3.05) is 25.5 Å². The maximum Gasteiger partial charge on any atom is 0.254 e. The van der Waals surface area contributed by atoms with E-state index in [0.29, 0.717) is 5.92 Å². The van der Waals surface area contributed by atoms with Crippen LogP contribution in [-0.4, -0.2) is 40.9 Å². The SMILES string of the molecule is CNc1nccnc1CC1CCCN(C(=O)c2ccsc2)C1. The highest BCUT2D eigenvalue weighted by Crippen LogP contribution is 2.24. The molecule has 1 amide bonds. The van der Waals surface area contributed by atoms with E-state index in [2.05, 4.69) is 15.3 Å². The number of piperidine rings is 1. The fraction of sp³-hybridized carbons (Fsp3) is 0.438. The number of carbonyl (C=O) groups excluding carboxylic acids is 1. The summed E-state index contributed by atoms with van der Waals surface area (Å²) in [5.74, 6) is 1.43. The molecule has 1 saturated heterocycles. The lowest BCUT2D eigenvalue weighted by Crippen LogP contribution is -2.40. The molecule has 1 N–H and O–H groups in total. The quantitative estimate of drug-likeness (QED) is 0.942. The third-order valence-electron chi connectivity index (χ3n) is 4.07. The molecule has 1 atom stereocenters. The van der Waals surface area contributed by atoms with Gasteiger partial charge in [0.2, 0.25) is 0 Å². The van der Waals surface area contributed by atoms with Crippen LogP contribution in [0.5, 0.6) is 0 Å². The number of thiophene rings is 1. The van der Waals surface area contributed by atoms with Gasteiger partial charge in [-0.1, -0.05) is 0 Å². The number of amides is 1. The van der Waals surface area contributed by atoms with Crippen LogP contribution in [0.25, 0.3) is 0 Å². The first-order chi connectivity index (χ1) is 10.8. The Morgan fingerprint density at radius 3 is 3.09 bits per heavy atom. The Labute approximate surface area is 134 Å². The van der Waals surface area contributed by atoms with Gasteiger partial charge in [0.25, 0.3) is 5.91 Å². The van der Waals surface area contributed by atoms with Crippen molar-refractivity contribution in [3.8, 4) is 0 Å². The van der Waals surface area contributed by atoms with Gasteiger partial charge in [0, 0.05) is 37.9 Å². The number of carbonyl (C=O) groups is 1. The van der Waals surface area contributed by atoms with Gasteiger partial charge in [-0.3, -0.25) is 9.78 Å². The van der Waals surface area contributed by atoms with Crippen molar-refractivity contribution in [3.63, 3.8) is 0 Å². The molecule has 1 aliphatic rings. The fourth-order valence-electron chi connectivity index (χ4n) is 2.98. The molecule has 2 aromatic rings. The van der Waals surface area contributed by atoms with Crippen LogP contribution < -0.4 is 5.32 Å². The van der Waals surface area contributed by atoms with E-state index >= 15 is 0 Å². The Morgan fingerprint density at radius 2 is 2.32 bits per heavy atom. The predicted molar refractivity (Wildman–Crippen MR) is 88.2 cm³/mol. The van der Waals surface area contributed by atoms with E-state index in [1.807, 2.05) is 28.8 Å². The van der Waals surface area contributed by atoms with E-state index in [9.17, 15) is 4.79 Å². The second-order valence-corrected chi connectivity index (χ2v) is 6.36. The van der Waals surface area contributed by atoms with Gasteiger partial charge in [-0.15, -0.1) is 0 Å². The Hall–Kier alpha value is -1.95. The van der Waals surface area contributed by atoms with Gasteiger partial charge in [-0.25, -0.2) is 4.98 Å². The molecule has 0 spiro atoms. The van der Waals surface area contributed by atoms with Gasteiger partial charge in [-0.2, -0.15) is 11.3 Å². The van der Waals surface area contributed by atoms with E-state index < -0.39 is 0 Å². The first-order valence-corrected chi connectivity index (χ1v) is 8.51. The summed E-state index contributed by atoms with van der Waals surface area (Å²) in [6.45, 7) is 1.65. The van der Waals surface area contributed by atoms with Gasteiger partial charge in [-0.05, 0) is 36.6 Å². The third-order valence-corrected chi connectivity index (χ3v) is 4.75. The summed E-state index contributed by atoms with van der Waals surface area (Å²) in [5.41, 5.74) is 1.79. The van der Waals surface area contributed by atoms with Crippen molar-refractivity contribution in [1.29, 1.82) is 0 Å². The zero-order valence-electron chi connectivity index (χ0n) is 12.7. The summed E-state index contributed by atoms with van der Waals surface area (Å²) in [4.78, 5) is 23.2. The minimum atomic E-state index is 0.152. The van der Waals surface area contributed by atoms with Gasteiger partial charge < -0.3 is 10.2 Å². The van der Waals surface area contributed by atoms with Crippen molar-refractivity contribution < 1.29 is 4.79 Å². The van der Waals surface area contributed by atoms with Crippen LogP contribution in [0.2, 0.25) is 0 Å². The maximum atomic E-state index is 12.5. The molecule has 1 unspecified atom stereocenters. The lowest BCUT2D eigenvalue weighted by molar-refractivity contribution is 0.0673. The summed E-state index contributed by atoms with van der Waals surface area (Å²) in [7, 11) is 1.86. The Balaban J connectivity index is 1.67. The number of rotatable bonds is 4. The van der Waals surface area contributed by atoms with Gasteiger partial charge in [0.1, 0.15) is 5.82 Å². The summed E-state index contributed by atoms with van der Waals surface area (Å²) in [6.07, 6.45) is 6.47. The number of nitrogens with one attached hydrogen (secondary N) is 1. The molecule has 0 aromatic carbocycles. The molecule has 0 aliphatic carbocycles. The molecular weight excluding hydrogens is 296 g/mol. The lowest BCUT2D eigenvalue weighted by Gasteiger charge is -2.32. The van der Waals surface area contributed by atoms with Crippen molar-refractivity contribution in [3.05, 3.63) is 40.5 Å². The summed E-state index contributed by atoms with van der Waals surface area (Å²) < 4.78 is 0. The van der Waals surface area contributed by atoms with Crippen LogP contribution in [0.1, 0.15) is 28.9 Å². The van der Waals surface area contributed by atoms with Crippen LogP contribution >= 0.6 is 11.3 Å². The van der Waals surface area contributed by atoms with E-state index in [0.717, 1.165) is 49.4 Å². The molecule has 3 heterocycles. The number of aromatic nitrogens is 2. The Kier molecular flexibility index (Phi) is 4.68. The number of nitrogens with zero attached hydrogens (tertiary/aromatic N) is 3. The van der Waals surface area contributed by atoms with Gasteiger partial charge in [0.15, 0.2) is 0 Å². The maximum absolute atomic E-state index is 12.5. The summed E-state index contributed by atoms with van der Waals surface area (Å²) >= 11 is 1.57. The molecule has 0 bridgehead atoms. The summed E-state index contributed by atoms with van der Waals surface area (Å²) in [6, 6.07) is 1.90. The molecule has 2 aromatic heterocycles. The standard InChI is InChI=1S/C16H20N4OS/c1-17-15-14(18-5-6-19-15)9-12-3-2-7-20(10-12)16(21)13-4-8-22-11-13/h4-6,8,11-12H,2-3,7,9-10H2,1H3,(H,17,19). The predicted octanol–water partition coefficient (Wildman–Crippen LogP) is 2.67. The minimum Gasteiger partial charge on any atom is -0.372 e. The van der Waals surface area contributed by atoms with E-state index in [4.69, 9.17) is 0 Å². The van der Waals surface area contributed by atoms with Crippen LogP contribution in [0.3, 0.4) is 0 Å². The number of anilines is 1. The highest BCUT2D eigenvalue weighted by molar-refractivity contribution is 7.08. The van der Waals surface area contributed by atoms with Crippen LogP contribution in [0.4, 0.5) is 5.82 Å². The molecule has 5 nitrogen and oxygen atoms in total. The lowest BCUT2D eigenvalue weighted by atomic mass is 9.93. The molecule has 6 heteroatoms. The zero-order valence-corrected chi connectivity index (χ0v) is 13.5. The second kappa shape index (κ2) is 6.87. The van der Waals surface area contributed by atoms with E-state index in [-0.39, 0.29) is 5.91 Å². The van der Waals surface area contributed by atoms with Crippen LogP contribution in [0, 0.1) is 5.92 Å². The second-order valence-electron chi connectivity index (χ2n) is 5.58. The third kappa shape index (κ3) is 3.27. The Morgan fingerprint density at radius 1 is 1.45 bits per heavy atom. The molecule has 0 radical (unpaired) electrons. The van der Waals surface area contributed by atoms with E-state index in [1.165, 1.54) is 0 Å². The molecule has 116 valence electrons. The molecule has 0 saturated carbocycles. The van der Waals surface area contributed by atoms with Gasteiger partial charge >= 0.3 is 0 Å². The van der Waals surface area contributed by atoms with Crippen LogP contribution in [0.15, 0.2) is 29.2 Å². The molecule has 3 rings (SSSR count). The highest BCUT2D eigenvalue weighted by Gasteiger charge is 2.25. The molecule has 1 aliphatic heterocycles. The zero-order chi connectivity index (χ0) is 15.4. The first kappa shape index (κ1) is 15.0. The van der Waals surface area contributed by atoms with Gasteiger partial charge in [0.05, 0.1) is 11.3 Å². The number of hydrogen-bond donors (Lipinski definition) is 1. The Bertz CT molecular complexity index is 629. The highest BCUT2D eigenvalue weighted by atomic mass is 32.1. The topological polar surface area (TPSA) is 58.1 Å². The van der Waals surface area contributed by atoms with Crippen molar-refractivity contribution in [2.24, 2.45) is 5.92 Å². The smallest absolute Gasteiger partial charge is 0.254 e. The number of hydrogen-bond acceptors (Lipinski definition) is 5.